The number of aromatic amines is 1. The molecule has 5 nitrogen and oxygen atoms in total. The van der Waals surface area contributed by atoms with Gasteiger partial charge in [0.15, 0.2) is 0 Å². The first-order valence-electron chi connectivity index (χ1n) is 6.14. The third-order valence-electron chi connectivity index (χ3n) is 2.94. The molecule has 0 aliphatic carbocycles. The molecule has 1 amide bonds. The fourth-order valence-electron chi connectivity index (χ4n) is 2.27. The van der Waals surface area contributed by atoms with Gasteiger partial charge in [-0.25, -0.2) is 0 Å². The van der Waals surface area contributed by atoms with E-state index < -0.39 is 0 Å². The van der Waals surface area contributed by atoms with Crippen LogP contribution in [0.4, 0.5) is 0 Å². The lowest BCUT2D eigenvalue weighted by atomic mass is 10.1. The number of nitrogens with one attached hydrogen (secondary N) is 1. The second kappa shape index (κ2) is 5.46. The zero-order chi connectivity index (χ0) is 14.0. The number of alkyl halides is 1. The summed E-state index contributed by atoms with van der Waals surface area (Å²) >= 11 is 3.39. The number of pyridine rings is 1. The Hall–Kier alpha value is -1.14. The van der Waals surface area contributed by atoms with Gasteiger partial charge in [-0.1, -0.05) is 22.0 Å². The van der Waals surface area contributed by atoms with Crippen molar-refractivity contribution in [1.82, 2.24) is 9.88 Å². The molecule has 1 aromatic heterocycles. The van der Waals surface area contributed by atoms with Crippen LogP contribution < -0.4 is 5.56 Å². The number of amides is 1. The summed E-state index contributed by atoms with van der Waals surface area (Å²) in [6.45, 7) is 4.93. The lowest BCUT2D eigenvalue weighted by Crippen LogP contribution is -2.55. The van der Waals surface area contributed by atoms with Crippen molar-refractivity contribution in [3.05, 3.63) is 34.2 Å². The van der Waals surface area contributed by atoms with Crippen molar-refractivity contribution < 1.29 is 9.53 Å². The Morgan fingerprint density at radius 1 is 1.58 bits per heavy atom. The molecule has 1 unspecified atom stereocenters. The topological polar surface area (TPSA) is 62.4 Å². The molecule has 0 bridgehead atoms. The van der Waals surface area contributed by atoms with E-state index in [0.29, 0.717) is 24.1 Å². The van der Waals surface area contributed by atoms with Gasteiger partial charge in [0.2, 0.25) is 5.56 Å². The van der Waals surface area contributed by atoms with Gasteiger partial charge in [0.1, 0.15) is 5.69 Å². The number of nitrogens with zero attached hydrogens (tertiary/aromatic N) is 1. The predicted octanol–water partition coefficient (Wildman–Crippen LogP) is 1.39. The monoisotopic (exact) mass is 328 g/mol. The van der Waals surface area contributed by atoms with Crippen LogP contribution in [0.1, 0.15) is 24.3 Å². The fourth-order valence-corrected chi connectivity index (χ4v) is 2.61. The van der Waals surface area contributed by atoms with Gasteiger partial charge in [-0.3, -0.25) is 9.59 Å². The van der Waals surface area contributed by atoms with E-state index in [1.165, 1.54) is 6.07 Å². The normalized spacial score (nSPS) is 22.3. The molecule has 1 saturated heterocycles. The Bertz CT molecular complexity index is 527. The summed E-state index contributed by atoms with van der Waals surface area (Å²) in [4.78, 5) is 27.9. The predicted molar refractivity (Wildman–Crippen MR) is 75.7 cm³/mol. The highest BCUT2D eigenvalue weighted by Gasteiger charge is 2.35. The van der Waals surface area contributed by atoms with Crippen LogP contribution in [0.25, 0.3) is 0 Å². The Balaban J connectivity index is 2.21. The largest absolute Gasteiger partial charge is 0.368 e. The average Bonchev–Trinajstić information content (AvgIpc) is 2.36. The van der Waals surface area contributed by atoms with Gasteiger partial charge in [0, 0.05) is 24.5 Å². The number of morpholine rings is 1. The number of ether oxygens (including phenoxy) is 1. The molecule has 0 spiro atoms. The first kappa shape index (κ1) is 14.3. The van der Waals surface area contributed by atoms with E-state index >= 15 is 0 Å². The minimum atomic E-state index is -0.387. The number of halogens is 1. The van der Waals surface area contributed by atoms with Crippen molar-refractivity contribution in [3.63, 3.8) is 0 Å². The number of hydrogen-bond acceptors (Lipinski definition) is 3. The van der Waals surface area contributed by atoms with Crippen LogP contribution in [-0.2, 0) is 4.74 Å². The summed E-state index contributed by atoms with van der Waals surface area (Å²) in [7, 11) is 0. The molecule has 1 fully saturated rings. The smallest absolute Gasteiger partial charge is 0.270 e. The van der Waals surface area contributed by atoms with E-state index in [2.05, 4.69) is 20.9 Å². The first-order chi connectivity index (χ1) is 8.91. The highest BCUT2D eigenvalue weighted by atomic mass is 79.9. The quantitative estimate of drug-likeness (QED) is 0.834. The van der Waals surface area contributed by atoms with Crippen molar-refractivity contribution in [2.75, 3.05) is 18.4 Å². The highest BCUT2D eigenvalue weighted by Crippen LogP contribution is 2.23. The van der Waals surface area contributed by atoms with Gasteiger partial charge >= 0.3 is 0 Å². The van der Waals surface area contributed by atoms with Gasteiger partial charge in [-0.2, -0.15) is 0 Å². The molecule has 2 rings (SSSR count). The van der Waals surface area contributed by atoms with E-state index in [-0.39, 0.29) is 23.2 Å². The number of carbonyl (C=O) groups excluding carboxylic acids is 1. The van der Waals surface area contributed by atoms with Gasteiger partial charge in [-0.05, 0) is 19.9 Å². The van der Waals surface area contributed by atoms with E-state index in [1.807, 2.05) is 13.8 Å². The van der Waals surface area contributed by atoms with E-state index in [4.69, 9.17) is 4.74 Å². The van der Waals surface area contributed by atoms with Gasteiger partial charge in [0.05, 0.1) is 11.7 Å². The Kier molecular flexibility index (Phi) is 4.10. The van der Waals surface area contributed by atoms with Crippen LogP contribution in [0.2, 0.25) is 0 Å². The van der Waals surface area contributed by atoms with Crippen LogP contribution in [0.5, 0.6) is 0 Å². The van der Waals surface area contributed by atoms with E-state index in [0.717, 1.165) is 0 Å². The summed E-state index contributed by atoms with van der Waals surface area (Å²) in [5, 5.41) is 0.672. The maximum Gasteiger partial charge on any atom is 0.270 e. The molecular weight excluding hydrogens is 312 g/mol. The summed E-state index contributed by atoms with van der Waals surface area (Å²) in [5.41, 5.74) is -0.338. The van der Waals surface area contributed by atoms with Crippen molar-refractivity contribution in [2.24, 2.45) is 0 Å². The van der Waals surface area contributed by atoms with Crippen LogP contribution in [0.3, 0.4) is 0 Å². The number of aromatic nitrogens is 1. The molecule has 1 aliphatic heterocycles. The van der Waals surface area contributed by atoms with Crippen molar-refractivity contribution in [1.29, 1.82) is 0 Å². The van der Waals surface area contributed by atoms with Crippen LogP contribution in [0.15, 0.2) is 23.0 Å². The lowest BCUT2D eigenvalue weighted by Gasteiger charge is -2.42. The Morgan fingerprint density at radius 2 is 2.32 bits per heavy atom. The molecule has 0 saturated carbocycles. The Morgan fingerprint density at radius 3 is 2.95 bits per heavy atom. The summed E-state index contributed by atoms with van der Waals surface area (Å²) in [6.07, 6.45) is -0.0388. The molecule has 1 atom stereocenters. The number of rotatable bonds is 2. The lowest BCUT2D eigenvalue weighted by molar-refractivity contribution is -0.116. The molecule has 0 radical (unpaired) electrons. The maximum absolute atomic E-state index is 12.4. The number of hydrogen-bond donors (Lipinski definition) is 1. The third kappa shape index (κ3) is 3.45. The van der Waals surface area contributed by atoms with Crippen molar-refractivity contribution >= 4 is 21.8 Å². The average molecular weight is 329 g/mol. The zero-order valence-corrected chi connectivity index (χ0v) is 12.6. The highest BCUT2D eigenvalue weighted by molar-refractivity contribution is 9.09. The van der Waals surface area contributed by atoms with Gasteiger partial charge in [0.25, 0.3) is 5.91 Å². The minimum absolute atomic E-state index is 0.0388. The Labute approximate surface area is 120 Å². The van der Waals surface area contributed by atoms with Crippen LogP contribution in [-0.4, -0.2) is 45.9 Å². The second-order valence-corrected chi connectivity index (χ2v) is 5.92. The summed E-state index contributed by atoms with van der Waals surface area (Å²) in [5.74, 6) is -0.167. The van der Waals surface area contributed by atoms with E-state index in [9.17, 15) is 9.59 Å². The number of carbonyl (C=O) groups is 1. The zero-order valence-electron chi connectivity index (χ0n) is 11.0. The van der Waals surface area contributed by atoms with E-state index in [1.54, 1.807) is 17.0 Å². The van der Waals surface area contributed by atoms with Crippen LogP contribution >= 0.6 is 15.9 Å². The first-order valence-corrected chi connectivity index (χ1v) is 7.26. The molecule has 1 N–H and O–H groups in total. The molecular formula is C13H17BrN2O3. The molecule has 104 valence electrons. The molecule has 1 aromatic rings. The van der Waals surface area contributed by atoms with Gasteiger partial charge in [-0.15, -0.1) is 0 Å². The molecule has 2 heterocycles. The molecule has 19 heavy (non-hydrogen) atoms. The summed E-state index contributed by atoms with van der Waals surface area (Å²) < 4.78 is 5.85. The molecule has 0 aromatic carbocycles. The molecule has 1 aliphatic rings. The summed E-state index contributed by atoms with van der Waals surface area (Å²) in [6, 6.07) is 4.59. The maximum atomic E-state index is 12.4. The third-order valence-corrected chi connectivity index (χ3v) is 3.66. The number of H-pyrrole nitrogens is 1. The molecule has 6 heteroatoms. The van der Waals surface area contributed by atoms with Crippen molar-refractivity contribution in [3.8, 4) is 0 Å². The van der Waals surface area contributed by atoms with Crippen molar-refractivity contribution in [2.45, 2.75) is 25.6 Å². The second-order valence-electron chi connectivity index (χ2n) is 5.27. The SMILES string of the molecule is CC1(C)CN(C(=O)c2cccc(=O)[nH]2)CC(CBr)O1. The fraction of sp³-hybridized carbons (Fsp3) is 0.538. The van der Waals surface area contributed by atoms with Gasteiger partial charge < -0.3 is 14.6 Å². The van der Waals surface area contributed by atoms with Crippen LogP contribution in [0, 0.1) is 0 Å². The standard InChI is InChI=1S/C13H17BrN2O3/c1-13(2)8-16(7-9(6-14)19-13)12(18)10-4-3-5-11(17)15-10/h3-5,9H,6-8H2,1-2H3,(H,15,17). The minimum Gasteiger partial charge on any atom is -0.368 e.